The number of nitrogens with one attached hydrogen (secondary N) is 1. The van der Waals surface area contributed by atoms with Gasteiger partial charge in [0.1, 0.15) is 5.60 Å². The van der Waals surface area contributed by atoms with Gasteiger partial charge in [-0.25, -0.2) is 0 Å². The van der Waals surface area contributed by atoms with Crippen molar-refractivity contribution >= 4 is 30.1 Å². The number of hydrogen-bond acceptors (Lipinski definition) is 4. The van der Waals surface area contributed by atoms with Gasteiger partial charge in [-0.2, -0.15) is 11.8 Å². The lowest BCUT2D eigenvalue weighted by Crippen LogP contribution is -2.56. The third-order valence-corrected chi connectivity index (χ3v) is 5.70. The summed E-state index contributed by atoms with van der Waals surface area (Å²) in [5.74, 6) is 1.36. The van der Waals surface area contributed by atoms with E-state index in [0.717, 1.165) is 51.2 Å². The predicted molar refractivity (Wildman–Crippen MR) is 91.4 cm³/mol. The standard InChI is InChI=1S/C15H28N2O2S.ClH/c1-3-20-13-6-4-5-11-17(12-13)14(18)15(19-2)7-9-16-10-8-15;/h13,16H,3-12H2,1-2H3;1H. The highest BCUT2D eigenvalue weighted by molar-refractivity contribution is 7.99. The lowest BCUT2D eigenvalue weighted by molar-refractivity contribution is -0.158. The van der Waals surface area contributed by atoms with Gasteiger partial charge >= 0.3 is 0 Å². The molecule has 124 valence electrons. The van der Waals surface area contributed by atoms with Crippen molar-refractivity contribution in [1.29, 1.82) is 0 Å². The van der Waals surface area contributed by atoms with Crippen LogP contribution in [0.3, 0.4) is 0 Å². The summed E-state index contributed by atoms with van der Waals surface area (Å²) < 4.78 is 5.69. The Balaban J connectivity index is 0.00000220. The number of amides is 1. The lowest BCUT2D eigenvalue weighted by atomic mass is 9.90. The Morgan fingerprint density at radius 2 is 2.10 bits per heavy atom. The summed E-state index contributed by atoms with van der Waals surface area (Å²) >= 11 is 1.99. The average molecular weight is 337 g/mol. The minimum Gasteiger partial charge on any atom is -0.368 e. The normalized spacial score (nSPS) is 25.8. The van der Waals surface area contributed by atoms with E-state index in [4.69, 9.17) is 4.74 Å². The van der Waals surface area contributed by atoms with Gasteiger partial charge in [-0.05, 0) is 44.5 Å². The molecule has 1 unspecified atom stereocenters. The molecule has 0 aliphatic carbocycles. The monoisotopic (exact) mass is 336 g/mol. The van der Waals surface area contributed by atoms with Crippen molar-refractivity contribution in [2.24, 2.45) is 0 Å². The summed E-state index contributed by atoms with van der Waals surface area (Å²) in [6.07, 6.45) is 5.20. The molecule has 2 heterocycles. The summed E-state index contributed by atoms with van der Waals surface area (Å²) in [5.41, 5.74) is -0.572. The number of carbonyl (C=O) groups is 1. The summed E-state index contributed by atoms with van der Waals surface area (Å²) in [6, 6.07) is 0. The zero-order chi connectivity index (χ0) is 14.4. The Bertz CT molecular complexity index is 325. The zero-order valence-electron chi connectivity index (χ0n) is 13.2. The van der Waals surface area contributed by atoms with Gasteiger partial charge in [-0.1, -0.05) is 13.3 Å². The predicted octanol–water partition coefficient (Wildman–Crippen LogP) is 2.31. The van der Waals surface area contributed by atoms with Gasteiger partial charge in [-0.15, -0.1) is 12.4 Å². The fourth-order valence-corrected chi connectivity index (χ4v) is 4.37. The average Bonchev–Trinajstić information content (AvgIpc) is 2.73. The van der Waals surface area contributed by atoms with Crippen molar-refractivity contribution in [3.05, 3.63) is 0 Å². The molecule has 6 heteroatoms. The summed E-state index contributed by atoms with van der Waals surface area (Å²) in [7, 11) is 1.69. The molecule has 4 nitrogen and oxygen atoms in total. The van der Waals surface area contributed by atoms with Crippen LogP contribution in [0, 0.1) is 0 Å². The van der Waals surface area contributed by atoms with Crippen LogP contribution in [0.15, 0.2) is 0 Å². The van der Waals surface area contributed by atoms with Crippen LogP contribution >= 0.6 is 24.2 Å². The quantitative estimate of drug-likeness (QED) is 0.855. The first-order valence-corrected chi connectivity index (χ1v) is 8.93. The maximum atomic E-state index is 13.0. The number of thioether (sulfide) groups is 1. The number of methoxy groups -OCH3 is 1. The Kier molecular flexibility index (Phi) is 8.39. The molecule has 0 spiro atoms. The second kappa shape index (κ2) is 9.23. The van der Waals surface area contributed by atoms with E-state index in [-0.39, 0.29) is 18.3 Å². The number of nitrogens with zero attached hydrogens (tertiary/aromatic N) is 1. The lowest BCUT2D eigenvalue weighted by Gasteiger charge is -2.39. The second-order valence-electron chi connectivity index (χ2n) is 5.77. The Morgan fingerprint density at radius 3 is 2.71 bits per heavy atom. The molecule has 2 aliphatic rings. The molecule has 2 fully saturated rings. The van der Waals surface area contributed by atoms with Crippen molar-refractivity contribution < 1.29 is 9.53 Å². The highest BCUT2D eigenvalue weighted by Crippen LogP contribution is 2.28. The first kappa shape index (κ1) is 19.1. The molecular weight excluding hydrogens is 308 g/mol. The number of carbonyl (C=O) groups excluding carboxylic acids is 1. The minimum absolute atomic E-state index is 0. The van der Waals surface area contributed by atoms with Gasteiger partial charge < -0.3 is 15.0 Å². The largest absolute Gasteiger partial charge is 0.368 e. The highest BCUT2D eigenvalue weighted by atomic mass is 35.5. The van der Waals surface area contributed by atoms with E-state index >= 15 is 0 Å². The van der Waals surface area contributed by atoms with Crippen LogP contribution in [0.2, 0.25) is 0 Å². The van der Waals surface area contributed by atoms with Crippen LogP contribution in [0.1, 0.15) is 39.0 Å². The molecular formula is C15H29ClN2O2S. The SMILES string of the molecule is CCSC1CCCCN(C(=O)C2(OC)CCNCC2)C1.Cl. The molecule has 0 aromatic rings. The fraction of sp³-hybridized carbons (Fsp3) is 0.933. The maximum Gasteiger partial charge on any atom is 0.254 e. The molecule has 0 radical (unpaired) electrons. The van der Waals surface area contributed by atoms with Gasteiger partial charge in [0.15, 0.2) is 0 Å². The van der Waals surface area contributed by atoms with E-state index in [2.05, 4.69) is 17.1 Å². The van der Waals surface area contributed by atoms with E-state index in [1.807, 2.05) is 11.8 Å². The summed E-state index contributed by atoms with van der Waals surface area (Å²) in [5, 5.41) is 3.92. The molecule has 0 saturated carbocycles. The third kappa shape index (κ3) is 4.75. The van der Waals surface area contributed by atoms with Crippen molar-refractivity contribution in [1.82, 2.24) is 10.2 Å². The summed E-state index contributed by atoms with van der Waals surface area (Å²) in [4.78, 5) is 15.1. The van der Waals surface area contributed by atoms with Crippen LogP contribution in [-0.2, 0) is 9.53 Å². The van der Waals surface area contributed by atoms with E-state index < -0.39 is 5.60 Å². The molecule has 0 aromatic heterocycles. The van der Waals surface area contributed by atoms with Crippen molar-refractivity contribution in [2.45, 2.75) is 49.9 Å². The Hall–Kier alpha value is 0.0300. The van der Waals surface area contributed by atoms with Gasteiger partial charge in [-0.3, -0.25) is 4.79 Å². The van der Waals surface area contributed by atoms with Gasteiger partial charge in [0.2, 0.25) is 0 Å². The topological polar surface area (TPSA) is 41.6 Å². The van der Waals surface area contributed by atoms with E-state index in [1.165, 1.54) is 12.8 Å². The first-order valence-electron chi connectivity index (χ1n) is 7.88. The summed E-state index contributed by atoms with van der Waals surface area (Å²) in [6.45, 7) is 5.75. The molecule has 0 aromatic carbocycles. The Morgan fingerprint density at radius 1 is 1.38 bits per heavy atom. The van der Waals surface area contributed by atoms with Gasteiger partial charge in [0.05, 0.1) is 0 Å². The maximum absolute atomic E-state index is 13.0. The smallest absolute Gasteiger partial charge is 0.254 e. The number of likely N-dealkylation sites (tertiary alicyclic amines) is 1. The minimum atomic E-state index is -0.572. The molecule has 21 heavy (non-hydrogen) atoms. The van der Waals surface area contributed by atoms with Gasteiger partial charge in [0, 0.05) is 25.4 Å². The molecule has 2 aliphatic heterocycles. The van der Waals surface area contributed by atoms with Crippen molar-refractivity contribution in [2.75, 3.05) is 39.0 Å². The van der Waals surface area contributed by atoms with E-state index in [1.54, 1.807) is 7.11 Å². The van der Waals surface area contributed by atoms with Crippen LogP contribution in [0.4, 0.5) is 0 Å². The first-order chi connectivity index (χ1) is 9.72. The molecule has 2 saturated heterocycles. The van der Waals surface area contributed by atoms with Crippen LogP contribution in [0.5, 0.6) is 0 Å². The Labute approximate surface area is 139 Å². The molecule has 1 amide bonds. The van der Waals surface area contributed by atoms with Crippen LogP contribution < -0.4 is 5.32 Å². The van der Waals surface area contributed by atoms with Crippen LogP contribution in [-0.4, -0.2) is 60.7 Å². The highest BCUT2D eigenvalue weighted by Gasteiger charge is 2.42. The third-order valence-electron chi connectivity index (χ3n) is 4.51. The van der Waals surface area contributed by atoms with Gasteiger partial charge in [0.25, 0.3) is 5.91 Å². The molecule has 1 atom stereocenters. The van der Waals surface area contributed by atoms with E-state index in [0.29, 0.717) is 5.25 Å². The van der Waals surface area contributed by atoms with Crippen molar-refractivity contribution in [3.63, 3.8) is 0 Å². The zero-order valence-corrected chi connectivity index (χ0v) is 14.9. The number of piperidine rings is 1. The fourth-order valence-electron chi connectivity index (χ4n) is 3.28. The van der Waals surface area contributed by atoms with E-state index in [9.17, 15) is 4.79 Å². The molecule has 0 bridgehead atoms. The number of halogens is 1. The van der Waals surface area contributed by atoms with Crippen LogP contribution in [0.25, 0.3) is 0 Å². The molecule has 2 rings (SSSR count). The number of ether oxygens (including phenoxy) is 1. The molecule has 1 N–H and O–H groups in total. The number of hydrogen-bond donors (Lipinski definition) is 1. The number of rotatable bonds is 4. The second-order valence-corrected chi connectivity index (χ2v) is 7.35. The van der Waals surface area contributed by atoms with Crippen molar-refractivity contribution in [3.8, 4) is 0 Å².